The summed E-state index contributed by atoms with van der Waals surface area (Å²) < 4.78 is 0. The fraction of sp³-hybridized carbons (Fsp3) is 0. The topological polar surface area (TPSA) is 52.9 Å². The zero-order valence-corrected chi connectivity index (χ0v) is 13.4. The molecule has 0 radical (unpaired) electrons. The number of rotatable bonds is 3. The third-order valence-electron chi connectivity index (χ3n) is 2.53. The van der Waals surface area contributed by atoms with E-state index in [0.717, 1.165) is 11.8 Å². The lowest BCUT2D eigenvalue weighted by molar-refractivity contribution is 0.102. The highest BCUT2D eigenvalue weighted by Crippen LogP contribution is 2.29. The van der Waals surface area contributed by atoms with Crippen molar-refractivity contribution in [2.24, 2.45) is 0 Å². The predicted molar refractivity (Wildman–Crippen MR) is 87.3 cm³/mol. The van der Waals surface area contributed by atoms with Crippen LogP contribution in [0.25, 0.3) is 0 Å². The van der Waals surface area contributed by atoms with Crippen molar-refractivity contribution in [2.75, 3.05) is 5.32 Å². The summed E-state index contributed by atoms with van der Waals surface area (Å²) in [5.41, 5.74) is 0.825. The molecule has 0 aliphatic heterocycles. The van der Waals surface area contributed by atoms with Gasteiger partial charge in [0.15, 0.2) is 0 Å². The molecule has 1 N–H and O–H groups in total. The van der Waals surface area contributed by atoms with Gasteiger partial charge in [-0.05, 0) is 48.2 Å². The Hall–Kier alpha value is -1.38. The van der Waals surface area contributed by atoms with Crippen LogP contribution in [0.3, 0.4) is 0 Å². The van der Waals surface area contributed by atoms with Crippen LogP contribution in [-0.2, 0) is 0 Å². The van der Waals surface area contributed by atoms with E-state index in [-0.39, 0.29) is 5.91 Å². The first-order chi connectivity index (χ1) is 10.0. The molecule has 0 heterocycles. The highest BCUT2D eigenvalue weighted by molar-refractivity contribution is 8.03. The molecule has 106 valence electrons. The zero-order valence-electron chi connectivity index (χ0n) is 10.4. The first-order valence-corrected chi connectivity index (χ1v) is 7.58. The second-order valence-corrected chi connectivity index (χ2v) is 6.00. The second-order valence-electron chi connectivity index (χ2n) is 3.92. The van der Waals surface area contributed by atoms with Crippen molar-refractivity contribution >= 4 is 58.2 Å². The average Bonchev–Trinajstić information content (AvgIpc) is 2.45. The fourth-order valence-corrected chi connectivity index (χ4v) is 2.55. The van der Waals surface area contributed by atoms with Crippen LogP contribution in [0.1, 0.15) is 10.4 Å². The third kappa shape index (κ3) is 4.05. The van der Waals surface area contributed by atoms with Crippen LogP contribution in [0.4, 0.5) is 5.69 Å². The normalized spacial score (nSPS) is 10.0. The number of carbonyl (C=O) groups excluding carboxylic acids is 1. The predicted octanol–water partition coefficient (Wildman–Crippen LogP) is 5.47. The molecule has 2 aromatic rings. The maximum atomic E-state index is 12.1. The zero-order chi connectivity index (χ0) is 15.4. The number of halogens is 3. The minimum Gasteiger partial charge on any atom is -0.321 e. The maximum absolute atomic E-state index is 12.1. The minimum atomic E-state index is -0.351. The number of thiocyanates is 1. The van der Waals surface area contributed by atoms with Gasteiger partial charge in [-0.2, -0.15) is 5.26 Å². The van der Waals surface area contributed by atoms with E-state index in [4.69, 9.17) is 40.1 Å². The lowest BCUT2D eigenvalue weighted by Crippen LogP contribution is -2.12. The number of benzene rings is 2. The Morgan fingerprint density at radius 2 is 1.81 bits per heavy atom. The van der Waals surface area contributed by atoms with Gasteiger partial charge in [0.2, 0.25) is 0 Å². The highest BCUT2D eigenvalue weighted by Gasteiger charge is 2.11. The number of nitriles is 1. The van der Waals surface area contributed by atoms with Crippen LogP contribution < -0.4 is 5.32 Å². The first-order valence-electron chi connectivity index (χ1n) is 5.63. The monoisotopic (exact) mass is 356 g/mol. The lowest BCUT2D eigenvalue weighted by Gasteiger charge is -2.08. The summed E-state index contributed by atoms with van der Waals surface area (Å²) in [5, 5.41) is 14.3. The van der Waals surface area contributed by atoms with E-state index in [1.807, 2.05) is 5.40 Å². The lowest BCUT2D eigenvalue weighted by atomic mass is 10.2. The van der Waals surface area contributed by atoms with Crippen LogP contribution in [0.5, 0.6) is 0 Å². The number of nitrogens with zero attached hydrogens (tertiary/aromatic N) is 1. The van der Waals surface area contributed by atoms with Crippen molar-refractivity contribution < 1.29 is 4.79 Å². The average molecular weight is 358 g/mol. The van der Waals surface area contributed by atoms with Crippen molar-refractivity contribution in [3.63, 3.8) is 0 Å². The molecule has 0 aromatic heterocycles. The summed E-state index contributed by atoms with van der Waals surface area (Å²) >= 11 is 18.7. The van der Waals surface area contributed by atoms with E-state index in [1.165, 1.54) is 6.07 Å². The second kappa shape index (κ2) is 7.06. The van der Waals surface area contributed by atoms with E-state index in [2.05, 4.69) is 5.32 Å². The van der Waals surface area contributed by atoms with Gasteiger partial charge in [-0.15, -0.1) is 0 Å². The summed E-state index contributed by atoms with van der Waals surface area (Å²) in [6.45, 7) is 0. The Morgan fingerprint density at radius 1 is 1.05 bits per heavy atom. The van der Waals surface area contributed by atoms with Gasteiger partial charge in [0.25, 0.3) is 5.91 Å². The number of anilines is 1. The molecular weight excluding hydrogens is 351 g/mol. The standard InChI is InChI=1S/C14H7Cl3N2OS/c15-10-3-1-8(5-11(10)16)14(20)19-13-4-2-9(21-7-18)6-12(13)17/h1-6H,(H,19,20). The van der Waals surface area contributed by atoms with Crippen LogP contribution in [0.2, 0.25) is 15.1 Å². The Balaban J connectivity index is 2.19. The molecule has 0 spiro atoms. The van der Waals surface area contributed by atoms with E-state index in [1.54, 1.807) is 30.3 Å². The van der Waals surface area contributed by atoms with E-state index in [9.17, 15) is 4.79 Å². The van der Waals surface area contributed by atoms with E-state index in [0.29, 0.717) is 31.2 Å². The fourth-order valence-electron chi connectivity index (χ4n) is 1.55. The van der Waals surface area contributed by atoms with Gasteiger partial charge < -0.3 is 5.32 Å². The Bertz CT molecular complexity index is 743. The Morgan fingerprint density at radius 3 is 2.43 bits per heavy atom. The van der Waals surface area contributed by atoms with Crippen molar-refractivity contribution in [3.05, 3.63) is 57.0 Å². The van der Waals surface area contributed by atoms with Gasteiger partial charge in [0, 0.05) is 10.5 Å². The minimum absolute atomic E-state index is 0.302. The molecule has 2 rings (SSSR count). The van der Waals surface area contributed by atoms with Crippen molar-refractivity contribution in [3.8, 4) is 5.40 Å². The van der Waals surface area contributed by atoms with Crippen molar-refractivity contribution in [1.29, 1.82) is 5.26 Å². The van der Waals surface area contributed by atoms with Gasteiger partial charge in [-0.3, -0.25) is 4.79 Å². The van der Waals surface area contributed by atoms with Crippen LogP contribution in [-0.4, -0.2) is 5.91 Å². The Kier molecular flexibility index (Phi) is 5.38. The maximum Gasteiger partial charge on any atom is 0.255 e. The number of nitrogens with one attached hydrogen (secondary N) is 1. The molecule has 0 bridgehead atoms. The van der Waals surface area contributed by atoms with Crippen LogP contribution in [0, 0.1) is 10.7 Å². The molecule has 1 amide bonds. The number of amides is 1. The van der Waals surface area contributed by atoms with E-state index < -0.39 is 0 Å². The smallest absolute Gasteiger partial charge is 0.255 e. The molecule has 3 nitrogen and oxygen atoms in total. The molecule has 2 aromatic carbocycles. The molecule has 0 atom stereocenters. The third-order valence-corrected chi connectivity index (χ3v) is 4.17. The van der Waals surface area contributed by atoms with Gasteiger partial charge in [-0.1, -0.05) is 34.8 Å². The van der Waals surface area contributed by atoms with Crippen LogP contribution >= 0.6 is 46.6 Å². The summed E-state index contributed by atoms with van der Waals surface area (Å²) in [4.78, 5) is 12.8. The number of hydrogen-bond acceptors (Lipinski definition) is 3. The van der Waals surface area contributed by atoms with Crippen LogP contribution in [0.15, 0.2) is 41.3 Å². The summed E-state index contributed by atoms with van der Waals surface area (Å²) in [6, 6.07) is 9.54. The number of hydrogen-bond donors (Lipinski definition) is 1. The van der Waals surface area contributed by atoms with E-state index >= 15 is 0 Å². The van der Waals surface area contributed by atoms with Crippen molar-refractivity contribution in [2.45, 2.75) is 4.90 Å². The SMILES string of the molecule is N#CSc1ccc(NC(=O)c2ccc(Cl)c(Cl)c2)c(Cl)c1. The molecule has 0 fully saturated rings. The molecule has 21 heavy (non-hydrogen) atoms. The van der Waals surface area contributed by atoms with Gasteiger partial charge >= 0.3 is 0 Å². The summed E-state index contributed by atoms with van der Waals surface area (Å²) in [5.74, 6) is -0.351. The molecule has 0 saturated heterocycles. The summed E-state index contributed by atoms with van der Waals surface area (Å²) in [7, 11) is 0. The molecule has 0 unspecified atom stereocenters. The molecular formula is C14H7Cl3N2OS. The molecule has 7 heteroatoms. The van der Waals surface area contributed by atoms with Gasteiger partial charge in [-0.25, -0.2) is 0 Å². The van der Waals surface area contributed by atoms with Gasteiger partial charge in [0.05, 0.1) is 20.8 Å². The first kappa shape index (κ1) is 16.0. The summed E-state index contributed by atoms with van der Waals surface area (Å²) in [6.07, 6.45) is 0. The quantitative estimate of drug-likeness (QED) is 0.585. The number of thioether (sulfide) groups is 1. The highest BCUT2D eigenvalue weighted by atomic mass is 35.5. The molecule has 0 saturated carbocycles. The van der Waals surface area contributed by atoms with Crippen molar-refractivity contribution in [1.82, 2.24) is 0 Å². The largest absolute Gasteiger partial charge is 0.321 e. The number of carbonyl (C=O) groups is 1. The molecule has 0 aliphatic carbocycles. The van der Waals surface area contributed by atoms with Gasteiger partial charge in [0.1, 0.15) is 5.40 Å². The Labute approximate surface area is 140 Å². The molecule has 0 aliphatic rings.